The van der Waals surface area contributed by atoms with Gasteiger partial charge in [0.25, 0.3) is 0 Å². The molecule has 2 atom stereocenters. The Balaban J connectivity index is 1.86. The van der Waals surface area contributed by atoms with Crippen LogP contribution in [0.2, 0.25) is 0 Å². The molecule has 100 valence electrons. The van der Waals surface area contributed by atoms with Crippen molar-refractivity contribution in [3.05, 3.63) is 29.8 Å². The number of likely N-dealkylation sites (tertiary alicyclic amines) is 1. The second-order valence-corrected chi connectivity index (χ2v) is 6.14. The van der Waals surface area contributed by atoms with Crippen LogP contribution in [0.1, 0.15) is 24.8 Å². The van der Waals surface area contributed by atoms with Gasteiger partial charge in [0, 0.05) is 6.04 Å². The van der Waals surface area contributed by atoms with Gasteiger partial charge in [0.1, 0.15) is 0 Å². The molecule has 0 aromatic heterocycles. The van der Waals surface area contributed by atoms with Gasteiger partial charge >= 0.3 is 0 Å². The fourth-order valence-corrected chi connectivity index (χ4v) is 2.99. The molecule has 0 bridgehead atoms. The summed E-state index contributed by atoms with van der Waals surface area (Å²) in [5.41, 5.74) is 1.17. The van der Waals surface area contributed by atoms with Gasteiger partial charge in [-0.05, 0) is 45.5 Å². The van der Waals surface area contributed by atoms with Crippen LogP contribution in [0.3, 0.4) is 0 Å². The minimum Gasteiger partial charge on any atom is -0.301 e. The average Bonchev–Trinajstić information content (AvgIpc) is 2.38. The molecule has 1 aliphatic heterocycles. The lowest BCUT2D eigenvalue weighted by Crippen LogP contribution is -2.39. The zero-order valence-corrected chi connectivity index (χ0v) is 11.9. The van der Waals surface area contributed by atoms with Crippen molar-refractivity contribution in [2.24, 2.45) is 0 Å². The van der Waals surface area contributed by atoms with E-state index in [4.69, 9.17) is 4.18 Å². The first kappa shape index (κ1) is 13.7. The molecule has 1 aromatic carbocycles. The van der Waals surface area contributed by atoms with E-state index in [0.29, 0.717) is 12.6 Å². The molecule has 0 amide bonds. The highest BCUT2D eigenvalue weighted by molar-refractivity contribution is 7.80. The van der Waals surface area contributed by atoms with Crippen LogP contribution in [0.15, 0.2) is 29.2 Å². The van der Waals surface area contributed by atoms with Crippen molar-refractivity contribution < 1.29 is 8.39 Å². The zero-order valence-electron chi connectivity index (χ0n) is 11.1. The Morgan fingerprint density at radius 1 is 1.33 bits per heavy atom. The van der Waals surface area contributed by atoms with Crippen LogP contribution >= 0.6 is 0 Å². The highest BCUT2D eigenvalue weighted by atomic mass is 32.2. The number of rotatable bonds is 4. The summed E-state index contributed by atoms with van der Waals surface area (Å²) in [5, 5.41) is 0. The second-order valence-electron chi connectivity index (χ2n) is 4.96. The van der Waals surface area contributed by atoms with E-state index in [0.717, 1.165) is 17.9 Å². The summed E-state index contributed by atoms with van der Waals surface area (Å²) < 4.78 is 17.5. The van der Waals surface area contributed by atoms with Crippen molar-refractivity contribution in [2.45, 2.75) is 37.1 Å². The Labute approximate surface area is 112 Å². The first-order chi connectivity index (χ1) is 8.66. The van der Waals surface area contributed by atoms with E-state index >= 15 is 0 Å². The molecule has 1 saturated heterocycles. The van der Waals surface area contributed by atoms with Crippen LogP contribution in [0.5, 0.6) is 0 Å². The zero-order chi connectivity index (χ0) is 13.0. The maximum atomic E-state index is 12.0. The summed E-state index contributed by atoms with van der Waals surface area (Å²) in [6, 6.07) is 8.08. The van der Waals surface area contributed by atoms with Crippen LogP contribution in [0, 0.1) is 6.92 Å². The fraction of sp³-hybridized carbons (Fsp3) is 0.571. The lowest BCUT2D eigenvalue weighted by Gasteiger charge is -2.31. The van der Waals surface area contributed by atoms with Gasteiger partial charge in [0.05, 0.1) is 11.5 Å². The predicted molar refractivity (Wildman–Crippen MR) is 73.8 cm³/mol. The smallest absolute Gasteiger partial charge is 0.189 e. The molecule has 0 radical (unpaired) electrons. The van der Waals surface area contributed by atoms with Crippen LogP contribution in [-0.4, -0.2) is 35.3 Å². The maximum Gasteiger partial charge on any atom is 0.189 e. The topological polar surface area (TPSA) is 29.5 Å². The van der Waals surface area contributed by atoms with Crippen molar-refractivity contribution >= 4 is 11.1 Å². The molecule has 1 heterocycles. The molecule has 4 heteroatoms. The number of hydrogen-bond acceptors (Lipinski definition) is 3. The van der Waals surface area contributed by atoms with Gasteiger partial charge in [-0.15, -0.1) is 0 Å². The average molecular weight is 267 g/mol. The molecule has 0 saturated carbocycles. The number of nitrogens with zero attached hydrogens (tertiary/aromatic N) is 1. The molecule has 0 aliphatic carbocycles. The minimum atomic E-state index is -1.33. The van der Waals surface area contributed by atoms with Crippen LogP contribution < -0.4 is 0 Å². The molecular formula is C14H21NO2S. The molecule has 1 fully saturated rings. The van der Waals surface area contributed by atoms with E-state index in [1.807, 2.05) is 31.2 Å². The highest BCUT2D eigenvalue weighted by Crippen LogP contribution is 2.17. The molecule has 1 aromatic rings. The Hall–Kier alpha value is -0.710. The van der Waals surface area contributed by atoms with E-state index in [9.17, 15) is 4.21 Å². The Bertz CT molecular complexity index is 405. The van der Waals surface area contributed by atoms with Gasteiger partial charge < -0.3 is 4.90 Å². The fourth-order valence-electron chi connectivity index (χ4n) is 2.21. The summed E-state index contributed by atoms with van der Waals surface area (Å²) >= 11 is -1.33. The van der Waals surface area contributed by atoms with Crippen molar-refractivity contribution in [3.63, 3.8) is 0 Å². The van der Waals surface area contributed by atoms with E-state index in [1.165, 1.54) is 18.4 Å². The van der Waals surface area contributed by atoms with Gasteiger partial charge in [0.2, 0.25) is 0 Å². The van der Waals surface area contributed by atoms with Crippen molar-refractivity contribution in [3.8, 4) is 0 Å². The molecule has 2 rings (SSSR count). The summed E-state index contributed by atoms with van der Waals surface area (Å²) in [4.78, 5) is 3.05. The highest BCUT2D eigenvalue weighted by Gasteiger charge is 2.20. The number of benzene rings is 1. The van der Waals surface area contributed by atoms with Gasteiger partial charge in [-0.1, -0.05) is 24.1 Å². The lowest BCUT2D eigenvalue weighted by atomic mass is 10.0. The summed E-state index contributed by atoms with van der Waals surface area (Å²) in [5.74, 6) is 0. The largest absolute Gasteiger partial charge is 0.301 e. The van der Waals surface area contributed by atoms with E-state index in [1.54, 1.807) is 0 Å². The molecule has 3 nitrogen and oxygen atoms in total. The Kier molecular flexibility index (Phi) is 4.92. The van der Waals surface area contributed by atoms with E-state index in [-0.39, 0.29) is 0 Å². The number of hydrogen-bond donors (Lipinski definition) is 0. The van der Waals surface area contributed by atoms with Gasteiger partial charge in [0.15, 0.2) is 11.1 Å². The maximum absolute atomic E-state index is 12.0. The minimum absolute atomic E-state index is 0.410. The van der Waals surface area contributed by atoms with Crippen LogP contribution in [-0.2, 0) is 15.3 Å². The Morgan fingerprint density at radius 3 is 2.72 bits per heavy atom. The van der Waals surface area contributed by atoms with Crippen molar-refractivity contribution in [2.75, 3.05) is 20.2 Å². The third-order valence-corrected chi connectivity index (χ3v) is 4.51. The van der Waals surface area contributed by atoms with Gasteiger partial charge in [-0.25, -0.2) is 4.21 Å². The lowest BCUT2D eigenvalue weighted by molar-refractivity contribution is 0.132. The van der Waals surface area contributed by atoms with Crippen molar-refractivity contribution in [1.82, 2.24) is 4.90 Å². The van der Waals surface area contributed by atoms with E-state index < -0.39 is 11.1 Å². The Morgan fingerprint density at radius 2 is 2.06 bits per heavy atom. The molecular weight excluding hydrogens is 246 g/mol. The summed E-state index contributed by atoms with van der Waals surface area (Å²) in [6.45, 7) is 3.69. The van der Waals surface area contributed by atoms with Crippen LogP contribution in [0.4, 0.5) is 0 Å². The number of aryl methyl sites for hydroxylation is 1. The number of likely N-dealkylation sites (N-methyl/N-ethyl adjacent to an activating group) is 1. The van der Waals surface area contributed by atoms with E-state index in [2.05, 4.69) is 11.9 Å². The molecule has 1 aliphatic rings. The summed E-state index contributed by atoms with van der Waals surface area (Å²) in [7, 11) is 2.11. The summed E-state index contributed by atoms with van der Waals surface area (Å²) in [6.07, 6.45) is 3.64. The van der Waals surface area contributed by atoms with Crippen LogP contribution in [0.25, 0.3) is 0 Å². The third kappa shape index (κ3) is 3.64. The van der Waals surface area contributed by atoms with Gasteiger partial charge in [-0.3, -0.25) is 4.18 Å². The standard InChI is InChI=1S/C14H21NO2S/c1-12-6-8-14(9-7-12)18(16)17-11-13-5-3-4-10-15(13)2/h6-9,13H,3-5,10-11H2,1-2H3. The molecule has 18 heavy (non-hydrogen) atoms. The van der Waals surface area contributed by atoms with Crippen molar-refractivity contribution in [1.29, 1.82) is 0 Å². The predicted octanol–water partition coefficient (Wildman–Crippen LogP) is 2.52. The molecule has 0 N–H and O–H groups in total. The first-order valence-electron chi connectivity index (χ1n) is 6.49. The quantitative estimate of drug-likeness (QED) is 0.839. The number of piperidine rings is 1. The molecule has 2 unspecified atom stereocenters. The SMILES string of the molecule is Cc1ccc(S(=O)OCC2CCCCN2C)cc1. The first-order valence-corrected chi connectivity index (χ1v) is 7.56. The normalized spacial score (nSPS) is 22.9. The second kappa shape index (κ2) is 6.45. The third-order valence-electron chi connectivity index (χ3n) is 3.50. The van der Waals surface area contributed by atoms with Gasteiger partial charge in [-0.2, -0.15) is 0 Å². The monoisotopic (exact) mass is 267 g/mol. The molecule has 0 spiro atoms.